The standard InChI is InChI=1S/C32H30BrN7O3/c1-4-34-32(42)38-23-10-12-24(13-11-23)43-28-16-5-20(31(41)37-22-8-6-21(33)7-9-22)17-27(28)40-30-25-14-15-26(19(2)3)39-29(25)35-18-36-30/h5-19H,4H2,1-3H3,(H,37,41)(H2,34,38,42)(H,35,36,39,40). The minimum atomic E-state index is -0.285. The molecule has 5 rings (SSSR count). The van der Waals surface area contributed by atoms with Crippen LogP contribution in [0.3, 0.4) is 0 Å². The topological polar surface area (TPSA) is 130 Å². The van der Waals surface area contributed by atoms with Crippen LogP contribution in [0.4, 0.5) is 27.7 Å². The Kier molecular flexibility index (Phi) is 9.11. The molecule has 0 bridgehead atoms. The first-order chi connectivity index (χ1) is 20.8. The molecule has 0 aliphatic heterocycles. The number of anilines is 4. The fourth-order valence-corrected chi connectivity index (χ4v) is 4.43. The highest BCUT2D eigenvalue weighted by atomic mass is 79.9. The average molecular weight is 641 g/mol. The van der Waals surface area contributed by atoms with Crippen molar-refractivity contribution in [2.45, 2.75) is 26.7 Å². The first kappa shape index (κ1) is 29.5. The first-order valence-corrected chi connectivity index (χ1v) is 14.5. The van der Waals surface area contributed by atoms with E-state index >= 15 is 0 Å². The zero-order chi connectivity index (χ0) is 30.3. The lowest BCUT2D eigenvalue weighted by atomic mass is 10.1. The highest BCUT2D eigenvalue weighted by molar-refractivity contribution is 9.10. The van der Waals surface area contributed by atoms with Crippen LogP contribution < -0.4 is 26.0 Å². The number of ether oxygens (including phenoxy) is 1. The number of urea groups is 1. The third kappa shape index (κ3) is 7.44. The molecule has 11 heteroatoms. The van der Waals surface area contributed by atoms with E-state index in [2.05, 4.69) is 66.0 Å². The van der Waals surface area contributed by atoms with Crippen molar-refractivity contribution < 1.29 is 14.3 Å². The molecule has 3 amide bonds. The van der Waals surface area contributed by atoms with E-state index in [0.29, 0.717) is 52.1 Å². The van der Waals surface area contributed by atoms with Gasteiger partial charge in [0.05, 0.1) is 11.1 Å². The fraction of sp³-hybridized carbons (Fsp3) is 0.156. The van der Waals surface area contributed by atoms with Crippen molar-refractivity contribution >= 4 is 61.8 Å². The number of carbonyl (C=O) groups is 2. The predicted octanol–water partition coefficient (Wildman–Crippen LogP) is 7.84. The van der Waals surface area contributed by atoms with Gasteiger partial charge in [0.15, 0.2) is 11.4 Å². The molecule has 0 aliphatic carbocycles. The largest absolute Gasteiger partial charge is 0.455 e. The molecule has 2 heterocycles. The molecule has 0 radical (unpaired) electrons. The Labute approximate surface area is 257 Å². The maximum Gasteiger partial charge on any atom is 0.319 e. The predicted molar refractivity (Wildman–Crippen MR) is 172 cm³/mol. The van der Waals surface area contributed by atoms with Crippen molar-refractivity contribution in [2.24, 2.45) is 0 Å². The number of pyridine rings is 1. The van der Waals surface area contributed by atoms with Gasteiger partial charge in [-0.2, -0.15) is 0 Å². The lowest BCUT2D eigenvalue weighted by Gasteiger charge is -2.16. The number of hydrogen-bond donors (Lipinski definition) is 4. The summed E-state index contributed by atoms with van der Waals surface area (Å²) in [5.41, 5.74) is 3.71. The van der Waals surface area contributed by atoms with E-state index < -0.39 is 0 Å². The second kappa shape index (κ2) is 13.3. The van der Waals surface area contributed by atoms with Crippen LogP contribution in [0.2, 0.25) is 0 Å². The molecular weight excluding hydrogens is 610 g/mol. The summed E-state index contributed by atoms with van der Waals surface area (Å²) in [6, 6.07) is 23.0. The fourth-order valence-electron chi connectivity index (χ4n) is 4.17. The molecule has 0 aliphatic rings. The van der Waals surface area contributed by atoms with Crippen molar-refractivity contribution in [3.63, 3.8) is 0 Å². The molecule has 43 heavy (non-hydrogen) atoms. The number of benzene rings is 3. The van der Waals surface area contributed by atoms with E-state index in [1.165, 1.54) is 6.33 Å². The Hall–Kier alpha value is -5.03. The van der Waals surface area contributed by atoms with Crippen molar-refractivity contribution in [3.05, 3.63) is 101 Å². The van der Waals surface area contributed by atoms with Crippen LogP contribution >= 0.6 is 15.9 Å². The molecule has 0 unspecified atom stereocenters. The monoisotopic (exact) mass is 639 g/mol. The summed E-state index contributed by atoms with van der Waals surface area (Å²) in [6.07, 6.45) is 1.45. The van der Waals surface area contributed by atoms with Crippen LogP contribution in [-0.2, 0) is 0 Å². The van der Waals surface area contributed by atoms with Crippen LogP contribution in [0.15, 0.2) is 89.7 Å². The van der Waals surface area contributed by atoms with Crippen molar-refractivity contribution in [1.82, 2.24) is 20.3 Å². The number of rotatable bonds is 9. The Bertz CT molecular complexity index is 1760. The van der Waals surface area contributed by atoms with Gasteiger partial charge < -0.3 is 26.0 Å². The van der Waals surface area contributed by atoms with Crippen molar-refractivity contribution in [3.8, 4) is 11.5 Å². The van der Waals surface area contributed by atoms with Crippen LogP contribution in [0, 0.1) is 0 Å². The normalized spacial score (nSPS) is 10.8. The number of nitrogens with zero attached hydrogens (tertiary/aromatic N) is 3. The average Bonchev–Trinajstić information content (AvgIpc) is 3.00. The Morgan fingerprint density at radius 3 is 2.33 bits per heavy atom. The first-order valence-electron chi connectivity index (χ1n) is 13.7. The Morgan fingerprint density at radius 1 is 0.884 bits per heavy atom. The third-order valence-corrected chi connectivity index (χ3v) is 6.91. The van der Waals surface area contributed by atoms with E-state index in [9.17, 15) is 9.59 Å². The van der Waals surface area contributed by atoms with Crippen molar-refractivity contribution in [2.75, 3.05) is 22.5 Å². The van der Waals surface area contributed by atoms with Gasteiger partial charge in [-0.05, 0) is 91.7 Å². The number of amides is 3. The smallest absolute Gasteiger partial charge is 0.319 e. The highest BCUT2D eigenvalue weighted by Crippen LogP contribution is 2.35. The summed E-state index contributed by atoms with van der Waals surface area (Å²) in [4.78, 5) is 38.6. The number of nitrogens with one attached hydrogen (secondary N) is 4. The highest BCUT2D eigenvalue weighted by Gasteiger charge is 2.15. The molecule has 4 N–H and O–H groups in total. The minimum Gasteiger partial charge on any atom is -0.455 e. The Morgan fingerprint density at radius 2 is 1.60 bits per heavy atom. The van der Waals surface area contributed by atoms with Gasteiger partial charge in [-0.15, -0.1) is 0 Å². The number of fused-ring (bicyclic) bond motifs is 1. The number of halogens is 1. The van der Waals surface area contributed by atoms with Crippen molar-refractivity contribution in [1.29, 1.82) is 0 Å². The van der Waals surface area contributed by atoms with Gasteiger partial charge in [0.2, 0.25) is 0 Å². The molecule has 5 aromatic rings. The van der Waals surface area contributed by atoms with Gasteiger partial charge in [-0.3, -0.25) is 4.79 Å². The molecule has 0 saturated heterocycles. The van der Waals surface area contributed by atoms with E-state index in [4.69, 9.17) is 4.74 Å². The summed E-state index contributed by atoms with van der Waals surface area (Å²) in [5, 5.41) is 12.4. The second-order valence-corrected chi connectivity index (χ2v) is 10.8. The number of carbonyl (C=O) groups excluding carboxylic acids is 2. The Balaban J connectivity index is 1.46. The van der Waals surface area contributed by atoms with Crippen LogP contribution in [0.25, 0.3) is 11.0 Å². The van der Waals surface area contributed by atoms with Gasteiger partial charge in [0, 0.05) is 33.6 Å². The van der Waals surface area contributed by atoms with Gasteiger partial charge in [0.1, 0.15) is 17.9 Å². The summed E-state index contributed by atoms with van der Waals surface area (Å²) >= 11 is 3.41. The van der Waals surface area contributed by atoms with Gasteiger partial charge in [-0.25, -0.2) is 19.7 Å². The quantitative estimate of drug-likeness (QED) is 0.129. The molecule has 0 spiro atoms. The van der Waals surface area contributed by atoms with E-state index in [1.54, 1.807) is 42.5 Å². The number of hydrogen-bond acceptors (Lipinski definition) is 7. The summed E-state index contributed by atoms with van der Waals surface area (Å²) < 4.78 is 7.15. The maximum absolute atomic E-state index is 13.2. The zero-order valence-corrected chi connectivity index (χ0v) is 25.4. The van der Waals surface area contributed by atoms with Gasteiger partial charge in [0.25, 0.3) is 5.91 Å². The van der Waals surface area contributed by atoms with Gasteiger partial charge >= 0.3 is 6.03 Å². The lowest BCUT2D eigenvalue weighted by Crippen LogP contribution is -2.28. The zero-order valence-electron chi connectivity index (χ0n) is 23.8. The molecule has 3 aromatic carbocycles. The number of aromatic nitrogens is 3. The summed E-state index contributed by atoms with van der Waals surface area (Å²) in [6.45, 7) is 6.52. The SMILES string of the molecule is CCNC(=O)Nc1ccc(Oc2ccc(C(=O)Nc3ccc(Br)cc3)cc2Nc2ncnc3nc(C(C)C)ccc23)cc1. The molecular formula is C32H30BrN7O3. The van der Waals surface area contributed by atoms with Gasteiger partial charge in [-0.1, -0.05) is 29.8 Å². The molecule has 0 fully saturated rings. The molecule has 10 nitrogen and oxygen atoms in total. The summed E-state index contributed by atoms with van der Waals surface area (Å²) in [5.74, 6) is 1.48. The third-order valence-electron chi connectivity index (χ3n) is 6.38. The van der Waals surface area contributed by atoms with E-state index in [-0.39, 0.29) is 17.9 Å². The second-order valence-electron chi connectivity index (χ2n) is 9.89. The van der Waals surface area contributed by atoms with Crippen LogP contribution in [-0.4, -0.2) is 33.4 Å². The van der Waals surface area contributed by atoms with E-state index in [1.807, 2.05) is 43.3 Å². The lowest BCUT2D eigenvalue weighted by molar-refractivity contribution is 0.102. The maximum atomic E-state index is 13.2. The van der Waals surface area contributed by atoms with Crippen LogP contribution in [0.1, 0.15) is 42.7 Å². The molecule has 218 valence electrons. The molecule has 2 aromatic heterocycles. The minimum absolute atomic E-state index is 0.249. The molecule has 0 atom stereocenters. The van der Waals surface area contributed by atoms with Crippen LogP contribution in [0.5, 0.6) is 11.5 Å². The van der Waals surface area contributed by atoms with E-state index in [0.717, 1.165) is 15.6 Å². The molecule has 0 saturated carbocycles. The summed E-state index contributed by atoms with van der Waals surface area (Å²) in [7, 11) is 0.